The summed E-state index contributed by atoms with van der Waals surface area (Å²) in [5, 5.41) is 4.04. The summed E-state index contributed by atoms with van der Waals surface area (Å²) in [5.41, 5.74) is 9.77. The Kier molecular flexibility index (Phi) is 8.66. The molecule has 2 heterocycles. The molecule has 0 spiro atoms. The average Bonchev–Trinajstić information content (AvgIpc) is 3.30. The molecule has 0 saturated heterocycles. The van der Waals surface area contributed by atoms with Gasteiger partial charge in [-0.1, -0.05) is 89.6 Å². The Bertz CT molecular complexity index is 1440. The fourth-order valence-electron chi connectivity index (χ4n) is 4.91. The Balaban J connectivity index is 0.000000815. The van der Waals surface area contributed by atoms with Crippen LogP contribution in [-0.2, 0) is 0 Å². The zero-order valence-electron chi connectivity index (χ0n) is 22.8. The van der Waals surface area contributed by atoms with Gasteiger partial charge < -0.3 is 0 Å². The van der Waals surface area contributed by atoms with Crippen LogP contribution in [0.5, 0.6) is 0 Å². The van der Waals surface area contributed by atoms with Crippen LogP contribution >= 0.6 is 12.6 Å². The van der Waals surface area contributed by atoms with Crippen molar-refractivity contribution in [1.29, 1.82) is 0 Å². The standard InChI is InChI=1S/C28H28N2S.2C2H6/c1-16-12-13-24-23(14-16)22-11-7-10-21(19(4)20(5)31)27(22)28-29-15-25(30(24)28)26-17(2)8-6-9-18(26)3;2*1-2/h6-15,19-20,31H,1-5H3;2*1-2H3. The molecule has 2 aromatic heterocycles. The van der Waals surface area contributed by atoms with Crippen molar-refractivity contribution in [2.45, 2.75) is 73.5 Å². The molecule has 2 nitrogen and oxygen atoms in total. The van der Waals surface area contributed by atoms with Crippen LogP contribution in [0.1, 0.15) is 69.7 Å². The molecule has 2 unspecified atom stereocenters. The molecule has 35 heavy (non-hydrogen) atoms. The van der Waals surface area contributed by atoms with E-state index in [1.807, 2.05) is 27.7 Å². The van der Waals surface area contributed by atoms with Crippen molar-refractivity contribution in [3.8, 4) is 11.3 Å². The van der Waals surface area contributed by atoms with Crippen molar-refractivity contribution >= 4 is 40.0 Å². The minimum Gasteiger partial charge on any atom is -0.292 e. The Hall–Kier alpha value is -2.78. The van der Waals surface area contributed by atoms with Crippen molar-refractivity contribution in [2.24, 2.45) is 0 Å². The lowest BCUT2D eigenvalue weighted by molar-refractivity contribution is 0.762. The van der Waals surface area contributed by atoms with Crippen molar-refractivity contribution in [3.63, 3.8) is 0 Å². The fraction of sp³-hybridized carbons (Fsp3) is 0.344. The first-order chi connectivity index (χ1) is 16.9. The van der Waals surface area contributed by atoms with Crippen LogP contribution in [-0.4, -0.2) is 14.6 Å². The number of aromatic nitrogens is 2. The summed E-state index contributed by atoms with van der Waals surface area (Å²) in [5.74, 6) is 0.318. The molecule has 5 aromatic rings. The molecule has 5 rings (SSSR count). The highest BCUT2D eigenvalue weighted by Crippen LogP contribution is 2.39. The number of benzene rings is 3. The molecule has 0 N–H and O–H groups in total. The SMILES string of the molecule is CC.CC.Cc1ccc2c(c1)c1cccc(C(C)C(C)S)c1c1ncc(-c3c(C)cccc3C)n21. The number of fused-ring (bicyclic) bond motifs is 6. The second-order valence-electron chi connectivity index (χ2n) is 8.89. The molecule has 0 fully saturated rings. The molecule has 3 heteroatoms. The van der Waals surface area contributed by atoms with E-state index < -0.39 is 0 Å². The summed E-state index contributed by atoms with van der Waals surface area (Å²) < 4.78 is 2.37. The average molecular weight is 485 g/mol. The first-order valence-corrected chi connectivity index (χ1v) is 13.5. The van der Waals surface area contributed by atoms with E-state index in [9.17, 15) is 0 Å². The minimum absolute atomic E-state index is 0.256. The molecule has 0 aliphatic heterocycles. The van der Waals surface area contributed by atoms with E-state index in [2.05, 4.69) is 99.8 Å². The van der Waals surface area contributed by atoms with E-state index in [1.54, 1.807) is 0 Å². The van der Waals surface area contributed by atoms with Gasteiger partial charge in [0.2, 0.25) is 0 Å². The zero-order chi connectivity index (χ0) is 25.9. The maximum Gasteiger partial charge on any atom is 0.145 e. The van der Waals surface area contributed by atoms with Crippen LogP contribution in [0.15, 0.2) is 60.8 Å². The number of aryl methyl sites for hydroxylation is 3. The Morgan fingerprint density at radius 3 is 2.06 bits per heavy atom. The maximum atomic E-state index is 5.02. The third kappa shape index (κ3) is 4.71. The van der Waals surface area contributed by atoms with Crippen LogP contribution in [0.3, 0.4) is 0 Å². The molecule has 2 atom stereocenters. The number of nitrogens with zero attached hydrogens (tertiary/aromatic N) is 2. The van der Waals surface area contributed by atoms with Crippen LogP contribution in [0.4, 0.5) is 0 Å². The van der Waals surface area contributed by atoms with E-state index in [4.69, 9.17) is 17.6 Å². The largest absolute Gasteiger partial charge is 0.292 e. The summed E-state index contributed by atoms with van der Waals surface area (Å²) >= 11 is 4.78. The molecule has 0 aliphatic carbocycles. The normalized spacial score (nSPS) is 12.6. The highest BCUT2D eigenvalue weighted by atomic mass is 32.1. The van der Waals surface area contributed by atoms with Gasteiger partial charge in [-0.2, -0.15) is 12.6 Å². The van der Waals surface area contributed by atoms with Crippen LogP contribution < -0.4 is 0 Å². The summed E-state index contributed by atoms with van der Waals surface area (Å²) in [4.78, 5) is 5.02. The highest BCUT2D eigenvalue weighted by Gasteiger charge is 2.21. The molecular weight excluding hydrogens is 444 g/mol. The van der Waals surface area contributed by atoms with Gasteiger partial charge in [0.15, 0.2) is 0 Å². The smallest absolute Gasteiger partial charge is 0.145 e. The van der Waals surface area contributed by atoms with Gasteiger partial charge in [-0.25, -0.2) is 4.98 Å². The van der Waals surface area contributed by atoms with Gasteiger partial charge in [0.25, 0.3) is 0 Å². The molecular formula is C32H40N2S. The Morgan fingerprint density at radius 2 is 1.43 bits per heavy atom. The van der Waals surface area contributed by atoms with Crippen molar-refractivity contribution in [2.75, 3.05) is 0 Å². The van der Waals surface area contributed by atoms with Crippen LogP contribution in [0.2, 0.25) is 0 Å². The van der Waals surface area contributed by atoms with Gasteiger partial charge in [-0.3, -0.25) is 4.40 Å². The number of hydrogen-bond donors (Lipinski definition) is 1. The topological polar surface area (TPSA) is 17.3 Å². The Morgan fingerprint density at radius 1 is 0.800 bits per heavy atom. The summed E-state index contributed by atoms with van der Waals surface area (Å²) in [7, 11) is 0. The van der Waals surface area contributed by atoms with Gasteiger partial charge in [0.1, 0.15) is 5.65 Å². The van der Waals surface area contributed by atoms with Gasteiger partial charge in [-0.15, -0.1) is 0 Å². The molecule has 0 saturated carbocycles. The van der Waals surface area contributed by atoms with Gasteiger partial charge in [0, 0.05) is 21.6 Å². The molecule has 0 radical (unpaired) electrons. The fourth-order valence-corrected chi connectivity index (χ4v) is 5.07. The molecule has 3 aromatic carbocycles. The molecule has 0 aliphatic rings. The van der Waals surface area contributed by atoms with Crippen molar-refractivity contribution < 1.29 is 0 Å². The number of thiol groups is 1. The minimum atomic E-state index is 0.256. The van der Waals surface area contributed by atoms with Crippen LogP contribution in [0.25, 0.3) is 38.6 Å². The summed E-state index contributed by atoms with van der Waals surface area (Å²) in [6, 6.07) is 19.9. The monoisotopic (exact) mass is 484 g/mol. The number of hydrogen-bond acceptors (Lipinski definition) is 2. The summed E-state index contributed by atoms with van der Waals surface area (Å²) in [6.07, 6.45) is 2.05. The second-order valence-corrected chi connectivity index (χ2v) is 9.70. The Labute approximate surface area is 216 Å². The lowest BCUT2D eigenvalue weighted by Crippen LogP contribution is -2.07. The van der Waals surface area contributed by atoms with Crippen molar-refractivity contribution in [1.82, 2.24) is 9.38 Å². The quantitative estimate of drug-likeness (QED) is 0.199. The lowest BCUT2D eigenvalue weighted by Gasteiger charge is -2.20. The molecule has 184 valence electrons. The van der Waals surface area contributed by atoms with Crippen molar-refractivity contribution in [3.05, 3.63) is 83.0 Å². The second kappa shape index (κ2) is 11.3. The highest BCUT2D eigenvalue weighted by molar-refractivity contribution is 7.81. The van der Waals surface area contributed by atoms with Gasteiger partial charge in [0.05, 0.1) is 17.4 Å². The van der Waals surface area contributed by atoms with E-state index in [-0.39, 0.29) is 5.25 Å². The molecule has 0 amide bonds. The van der Waals surface area contributed by atoms with E-state index in [0.717, 1.165) is 11.3 Å². The predicted molar refractivity (Wildman–Crippen MR) is 159 cm³/mol. The third-order valence-electron chi connectivity index (χ3n) is 6.72. The number of imidazole rings is 1. The lowest BCUT2D eigenvalue weighted by atomic mass is 9.91. The van der Waals surface area contributed by atoms with Crippen LogP contribution in [0, 0.1) is 20.8 Å². The summed E-state index contributed by atoms with van der Waals surface area (Å²) in [6.45, 7) is 19.0. The van der Waals surface area contributed by atoms with E-state index in [1.165, 1.54) is 49.5 Å². The predicted octanol–water partition coefficient (Wildman–Crippen LogP) is 9.71. The zero-order valence-corrected chi connectivity index (χ0v) is 23.7. The molecule has 0 bridgehead atoms. The third-order valence-corrected chi connectivity index (χ3v) is 7.16. The van der Waals surface area contributed by atoms with Gasteiger partial charge in [-0.05, 0) is 60.9 Å². The first-order valence-electron chi connectivity index (χ1n) is 13.0. The van der Waals surface area contributed by atoms with Gasteiger partial charge >= 0.3 is 0 Å². The number of rotatable bonds is 3. The first kappa shape index (κ1) is 26.8. The van der Waals surface area contributed by atoms with E-state index >= 15 is 0 Å². The number of pyridine rings is 1. The van der Waals surface area contributed by atoms with E-state index in [0.29, 0.717) is 5.92 Å². The maximum absolute atomic E-state index is 5.02.